The van der Waals surface area contributed by atoms with Gasteiger partial charge in [0.05, 0.1) is 6.61 Å². The molecule has 0 saturated carbocycles. The monoisotopic (exact) mass is 538 g/mol. The number of hydrogen-bond donors (Lipinski definition) is 3. The molecule has 0 radical (unpaired) electrons. The van der Waals surface area contributed by atoms with Crippen LogP contribution in [0, 0.1) is 0 Å². The van der Waals surface area contributed by atoms with Crippen molar-refractivity contribution < 1.29 is 23.7 Å². The Hall–Kier alpha value is -1.52. The Morgan fingerprint density at radius 1 is 0.972 bits per heavy atom. The van der Waals surface area contributed by atoms with E-state index in [1.807, 2.05) is 0 Å². The smallest absolute Gasteiger partial charge is 0.258 e. The van der Waals surface area contributed by atoms with Crippen LogP contribution < -0.4 is 0 Å². The Balaban J connectivity index is 1.92. The number of nitrogens with zero attached hydrogens (tertiary/aromatic N) is 2. The molecule has 1 aromatic heterocycles. The van der Waals surface area contributed by atoms with Crippen molar-refractivity contribution in [2.75, 3.05) is 19.7 Å². The van der Waals surface area contributed by atoms with Crippen molar-refractivity contribution >= 4 is 21.8 Å². The van der Waals surface area contributed by atoms with Gasteiger partial charge in [0.1, 0.15) is 5.75 Å². The molecule has 36 heavy (non-hydrogen) atoms. The maximum Gasteiger partial charge on any atom is 0.258 e. The first-order valence-corrected chi connectivity index (χ1v) is 14.7. The van der Waals surface area contributed by atoms with Gasteiger partial charge in [-0.3, -0.25) is 0 Å². The zero-order chi connectivity index (χ0) is 27.1. The molecule has 1 aliphatic rings. The third kappa shape index (κ3) is 5.80. The Morgan fingerprint density at radius 3 is 1.92 bits per heavy atom. The van der Waals surface area contributed by atoms with Crippen molar-refractivity contribution in [2.45, 2.75) is 92.9 Å². The van der Waals surface area contributed by atoms with Gasteiger partial charge in [0.2, 0.25) is 0 Å². The van der Waals surface area contributed by atoms with Gasteiger partial charge in [0.25, 0.3) is 10.0 Å². The second kappa shape index (κ2) is 10.3. The minimum absolute atomic E-state index is 0.0216. The molecule has 1 aliphatic heterocycles. The van der Waals surface area contributed by atoms with Gasteiger partial charge in [-0.05, 0) is 54.4 Å². The maximum atomic E-state index is 13.4. The van der Waals surface area contributed by atoms with Gasteiger partial charge in [-0.25, -0.2) is 8.42 Å². The van der Waals surface area contributed by atoms with Gasteiger partial charge in [-0.15, -0.1) is 11.8 Å². The highest BCUT2D eigenvalue weighted by Gasteiger charge is 2.40. The Bertz CT molecular complexity index is 1150. The lowest BCUT2D eigenvalue weighted by molar-refractivity contribution is 0.226. The first kappa shape index (κ1) is 29.0. The summed E-state index contributed by atoms with van der Waals surface area (Å²) in [7, 11) is -2.05. The first-order valence-electron chi connectivity index (χ1n) is 12.5. The number of thioether (sulfide) groups is 1. The predicted octanol–water partition coefficient (Wildman–Crippen LogP) is 4.52. The van der Waals surface area contributed by atoms with Crippen LogP contribution in [0.1, 0.15) is 77.6 Å². The van der Waals surface area contributed by atoms with Crippen molar-refractivity contribution in [3.63, 3.8) is 0 Å². The normalized spacial score (nSPS) is 17.5. The van der Waals surface area contributed by atoms with Crippen LogP contribution in [0.5, 0.6) is 5.75 Å². The van der Waals surface area contributed by atoms with Crippen LogP contribution in [0.2, 0.25) is 0 Å². The van der Waals surface area contributed by atoms with E-state index in [2.05, 4.69) is 53.7 Å². The average molecular weight is 539 g/mol. The van der Waals surface area contributed by atoms with Crippen molar-refractivity contribution in [2.24, 2.45) is 7.05 Å². The lowest BCUT2D eigenvalue weighted by Gasteiger charge is -2.41. The predicted molar refractivity (Wildman–Crippen MR) is 145 cm³/mol. The molecular formula is C27H42N2O5S2. The zero-order valence-corrected chi connectivity index (χ0v) is 24.3. The number of hydrogen-bond acceptors (Lipinski definition) is 6. The third-order valence-corrected chi connectivity index (χ3v) is 10.7. The number of aliphatic hydroxyl groups is 2. The van der Waals surface area contributed by atoms with E-state index < -0.39 is 10.0 Å². The number of piperidine rings is 1. The minimum atomic E-state index is -3.70. The molecule has 0 spiro atoms. The quantitative estimate of drug-likeness (QED) is 0.479. The number of rotatable bonds is 7. The molecule has 0 bridgehead atoms. The Morgan fingerprint density at radius 2 is 1.50 bits per heavy atom. The lowest BCUT2D eigenvalue weighted by Crippen LogP contribution is -2.45. The van der Waals surface area contributed by atoms with Gasteiger partial charge < -0.3 is 19.9 Å². The summed E-state index contributed by atoms with van der Waals surface area (Å²) in [5, 5.41) is 30.7. The molecular weight excluding hydrogens is 496 g/mol. The van der Waals surface area contributed by atoms with Crippen molar-refractivity contribution in [3.8, 4) is 5.75 Å². The highest BCUT2D eigenvalue weighted by molar-refractivity contribution is 8.00. The van der Waals surface area contributed by atoms with E-state index in [1.165, 1.54) is 8.87 Å². The Labute approximate surface area is 220 Å². The molecule has 0 unspecified atom stereocenters. The summed E-state index contributed by atoms with van der Waals surface area (Å²) >= 11 is 1.69. The molecule has 3 rings (SSSR count). The molecule has 1 saturated heterocycles. The summed E-state index contributed by atoms with van der Waals surface area (Å²) in [6.45, 7) is 13.0. The number of sulfonamides is 1. The van der Waals surface area contributed by atoms with Crippen LogP contribution in [-0.4, -0.2) is 57.1 Å². The molecule has 0 amide bonds. The van der Waals surface area contributed by atoms with Crippen molar-refractivity contribution in [1.29, 1.82) is 0 Å². The fourth-order valence-corrected chi connectivity index (χ4v) is 7.95. The fraction of sp³-hybridized carbons (Fsp3) is 0.630. The highest BCUT2D eigenvalue weighted by atomic mass is 32.2. The number of aromatic hydroxyl groups is 1. The number of phenolic OH excluding ortho intramolecular Hbond substituents is 1. The van der Waals surface area contributed by atoms with Gasteiger partial charge >= 0.3 is 0 Å². The zero-order valence-electron chi connectivity index (χ0n) is 22.6. The summed E-state index contributed by atoms with van der Waals surface area (Å²) in [5.41, 5.74) is 1.84. The largest absolute Gasteiger partial charge is 0.507 e. The number of aliphatic hydroxyl groups excluding tert-OH is 2. The van der Waals surface area contributed by atoms with Gasteiger partial charge in [-0.1, -0.05) is 41.5 Å². The van der Waals surface area contributed by atoms with Gasteiger partial charge in [0, 0.05) is 53.2 Å². The van der Waals surface area contributed by atoms with E-state index in [4.69, 9.17) is 0 Å². The first-order chi connectivity index (χ1) is 16.6. The fourth-order valence-electron chi connectivity index (χ4n) is 4.88. The van der Waals surface area contributed by atoms with Crippen LogP contribution in [0.15, 0.2) is 34.2 Å². The molecule has 9 heteroatoms. The second-order valence-electron chi connectivity index (χ2n) is 11.9. The van der Waals surface area contributed by atoms with Crippen LogP contribution in [0.25, 0.3) is 0 Å². The summed E-state index contributed by atoms with van der Waals surface area (Å²) in [5.74, 6) is 0.335. The number of benzene rings is 1. The highest BCUT2D eigenvalue weighted by Crippen LogP contribution is 2.48. The van der Waals surface area contributed by atoms with Crippen LogP contribution >= 0.6 is 11.8 Å². The summed E-state index contributed by atoms with van der Waals surface area (Å²) in [6, 6.07) is 7.28. The van der Waals surface area contributed by atoms with Gasteiger partial charge in [-0.2, -0.15) is 4.31 Å². The van der Waals surface area contributed by atoms with Crippen LogP contribution in [0.4, 0.5) is 0 Å². The van der Waals surface area contributed by atoms with E-state index in [-0.39, 0.29) is 33.8 Å². The number of aromatic nitrogens is 1. The van der Waals surface area contributed by atoms with Crippen LogP contribution in [0.3, 0.4) is 0 Å². The van der Waals surface area contributed by atoms with Crippen molar-refractivity contribution in [1.82, 2.24) is 8.87 Å². The van der Waals surface area contributed by atoms with Gasteiger partial charge in [0.15, 0.2) is 5.03 Å². The third-order valence-electron chi connectivity index (χ3n) is 7.18. The molecule has 2 aromatic rings. The molecule has 202 valence electrons. The molecule has 7 nitrogen and oxygen atoms in total. The topological polar surface area (TPSA) is 103 Å². The SMILES string of the molecule is Cn1c(CO)ccc1S(=O)(=O)N1CCC(CCO)(Sc2cc(C(C)(C)C)c(O)c(C(C)(C)C)c2)CC1. The molecule has 0 aliphatic carbocycles. The second-order valence-corrected chi connectivity index (χ2v) is 15.3. The molecule has 2 heterocycles. The van der Waals surface area contributed by atoms with E-state index in [9.17, 15) is 23.7 Å². The minimum Gasteiger partial charge on any atom is -0.507 e. The van der Waals surface area contributed by atoms with E-state index >= 15 is 0 Å². The molecule has 3 N–H and O–H groups in total. The summed E-state index contributed by atoms with van der Waals surface area (Å²) < 4.78 is 29.4. The van der Waals surface area contributed by atoms with Crippen molar-refractivity contribution in [3.05, 3.63) is 41.1 Å². The standard InChI is InChI=1S/C27H42N2O5S2/c1-25(2,3)21-16-20(17-22(24(21)32)26(4,5)6)35-27(12-15-30)10-13-29(14-11-27)36(33,34)23-9-8-19(18-31)28(23)7/h8-9,16-17,30-32H,10-15,18H2,1-7H3. The molecule has 1 fully saturated rings. The maximum absolute atomic E-state index is 13.4. The molecule has 0 atom stereocenters. The summed E-state index contributed by atoms with van der Waals surface area (Å²) in [4.78, 5) is 1.03. The van der Waals surface area contributed by atoms with Crippen LogP contribution in [-0.2, 0) is 34.5 Å². The number of phenols is 1. The average Bonchev–Trinajstić information content (AvgIpc) is 3.15. The van der Waals surface area contributed by atoms with E-state index in [1.54, 1.807) is 30.9 Å². The van der Waals surface area contributed by atoms with E-state index in [0.29, 0.717) is 43.8 Å². The Kier molecular flexibility index (Phi) is 8.33. The van der Waals surface area contributed by atoms with E-state index in [0.717, 1.165) is 16.0 Å². The summed E-state index contributed by atoms with van der Waals surface area (Å²) in [6.07, 6.45) is 1.76. The molecule has 1 aromatic carbocycles. The lowest BCUT2D eigenvalue weighted by atomic mass is 9.79.